The minimum atomic E-state index is -0.299. The Morgan fingerprint density at radius 3 is 2.41 bits per heavy atom. The molecule has 0 saturated heterocycles. The quantitative estimate of drug-likeness (QED) is 0.348. The van der Waals surface area contributed by atoms with Gasteiger partial charge in [-0.2, -0.15) is 0 Å². The summed E-state index contributed by atoms with van der Waals surface area (Å²) in [5.41, 5.74) is -0.273. The molecule has 1 aromatic rings. The molecule has 0 aromatic heterocycles. The van der Waals surface area contributed by atoms with Crippen LogP contribution in [0.2, 0.25) is 0 Å². The number of rotatable bonds is 7. The molecule has 154 valence electrons. The van der Waals surface area contributed by atoms with Gasteiger partial charge in [0.2, 0.25) is 5.91 Å². The monoisotopic (exact) mass is 494 g/mol. The van der Waals surface area contributed by atoms with E-state index in [0.29, 0.717) is 24.8 Å². The number of likely N-dealkylation sites (N-methyl/N-ethyl adjacent to an activating group) is 1. The van der Waals surface area contributed by atoms with Crippen molar-refractivity contribution in [3.8, 4) is 5.75 Å². The van der Waals surface area contributed by atoms with Crippen LogP contribution in [-0.2, 0) is 4.79 Å². The average Bonchev–Trinajstić information content (AvgIpc) is 2.51. The summed E-state index contributed by atoms with van der Waals surface area (Å²) in [7, 11) is 1.81. The number of hydrogen-bond acceptors (Lipinski definition) is 3. The van der Waals surface area contributed by atoms with Gasteiger partial charge in [0, 0.05) is 19.1 Å². The Hall–Kier alpha value is -1.58. The summed E-state index contributed by atoms with van der Waals surface area (Å²) in [6.07, 6.45) is -0.189. The molecule has 1 amide bonds. The highest BCUT2D eigenvalue weighted by atomic mass is 127. The molecule has 0 radical (unpaired) electrons. The van der Waals surface area contributed by atoms with Crippen LogP contribution < -0.4 is 15.4 Å². The summed E-state index contributed by atoms with van der Waals surface area (Å²) in [5, 5.41) is 6.10. The van der Waals surface area contributed by atoms with Gasteiger partial charge in [-0.15, -0.1) is 24.0 Å². The maximum absolute atomic E-state index is 12.9. The van der Waals surface area contributed by atoms with Gasteiger partial charge in [0.25, 0.3) is 0 Å². The van der Waals surface area contributed by atoms with Crippen molar-refractivity contribution in [3.63, 3.8) is 0 Å². The molecule has 0 fully saturated rings. The Kier molecular flexibility index (Phi) is 11.3. The molecular formula is C19H32FIN4O2. The highest BCUT2D eigenvalue weighted by Gasteiger charge is 2.17. The third-order valence-electron chi connectivity index (χ3n) is 3.24. The normalized spacial score (nSPS) is 12.6. The lowest BCUT2D eigenvalue weighted by atomic mass is 10.1. The lowest BCUT2D eigenvalue weighted by molar-refractivity contribution is -0.122. The largest absolute Gasteiger partial charge is 0.489 e. The Bertz CT molecular complexity index is 603. The van der Waals surface area contributed by atoms with E-state index in [4.69, 9.17) is 4.74 Å². The maximum atomic E-state index is 12.9. The molecule has 1 rings (SSSR count). The van der Waals surface area contributed by atoms with E-state index in [1.807, 2.05) is 41.7 Å². The Labute approximate surface area is 179 Å². The van der Waals surface area contributed by atoms with E-state index >= 15 is 0 Å². The van der Waals surface area contributed by atoms with E-state index in [-0.39, 0.29) is 53.9 Å². The van der Waals surface area contributed by atoms with Crippen molar-refractivity contribution in [2.24, 2.45) is 4.99 Å². The fraction of sp³-hybridized carbons (Fsp3) is 0.579. The van der Waals surface area contributed by atoms with E-state index in [9.17, 15) is 9.18 Å². The first kappa shape index (κ1) is 25.4. The Morgan fingerprint density at radius 1 is 1.30 bits per heavy atom. The van der Waals surface area contributed by atoms with Crippen LogP contribution >= 0.6 is 24.0 Å². The zero-order chi connectivity index (χ0) is 19.7. The van der Waals surface area contributed by atoms with Crippen molar-refractivity contribution in [2.75, 3.05) is 26.7 Å². The summed E-state index contributed by atoms with van der Waals surface area (Å²) < 4.78 is 18.7. The zero-order valence-corrected chi connectivity index (χ0v) is 19.3. The maximum Gasteiger partial charge on any atom is 0.240 e. The van der Waals surface area contributed by atoms with Gasteiger partial charge >= 0.3 is 0 Å². The topological polar surface area (TPSA) is 66.0 Å². The number of guanidine groups is 1. The van der Waals surface area contributed by atoms with Gasteiger partial charge in [0.15, 0.2) is 5.96 Å². The molecular weight excluding hydrogens is 462 g/mol. The smallest absolute Gasteiger partial charge is 0.240 e. The van der Waals surface area contributed by atoms with E-state index in [0.717, 1.165) is 0 Å². The number of halogens is 2. The number of benzene rings is 1. The van der Waals surface area contributed by atoms with Crippen molar-refractivity contribution >= 4 is 35.8 Å². The number of aliphatic imine (C=N–C) groups is 1. The zero-order valence-electron chi connectivity index (χ0n) is 17.0. The molecule has 8 heteroatoms. The third kappa shape index (κ3) is 11.0. The van der Waals surface area contributed by atoms with Gasteiger partial charge < -0.3 is 20.3 Å². The number of nitrogens with zero attached hydrogens (tertiary/aromatic N) is 2. The van der Waals surface area contributed by atoms with Crippen molar-refractivity contribution in [2.45, 2.75) is 46.3 Å². The highest BCUT2D eigenvalue weighted by Crippen LogP contribution is 2.13. The molecule has 2 N–H and O–H groups in total. The minimum absolute atomic E-state index is 0. The van der Waals surface area contributed by atoms with Crippen molar-refractivity contribution < 1.29 is 13.9 Å². The van der Waals surface area contributed by atoms with Gasteiger partial charge in [-0.3, -0.25) is 4.79 Å². The van der Waals surface area contributed by atoms with Gasteiger partial charge in [0.1, 0.15) is 17.7 Å². The number of nitrogens with one attached hydrogen (secondary N) is 2. The number of carbonyl (C=O) groups is 1. The second kappa shape index (κ2) is 12.0. The Morgan fingerprint density at radius 2 is 1.89 bits per heavy atom. The third-order valence-corrected chi connectivity index (χ3v) is 3.24. The fourth-order valence-corrected chi connectivity index (χ4v) is 2.22. The first-order valence-electron chi connectivity index (χ1n) is 8.83. The lowest BCUT2D eigenvalue weighted by Gasteiger charge is -2.25. The summed E-state index contributed by atoms with van der Waals surface area (Å²) in [6, 6.07) is 5.89. The number of ether oxygens (including phenoxy) is 1. The summed E-state index contributed by atoms with van der Waals surface area (Å²) in [4.78, 5) is 18.4. The van der Waals surface area contributed by atoms with Crippen LogP contribution in [0.25, 0.3) is 0 Å². The van der Waals surface area contributed by atoms with Crippen LogP contribution in [0.15, 0.2) is 29.3 Å². The van der Waals surface area contributed by atoms with Crippen LogP contribution in [-0.4, -0.2) is 55.1 Å². The van der Waals surface area contributed by atoms with Gasteiger partial charge in [-0.1, -0.05) is 0 Å². The van der Waals surface area contributed by atoms with Gasteiger partial charge in [-0.25, -0.2) is 9.38 Å². The second-order valence-electron chi connectivity index (χ2n) is 7.23. The molecule has 1 atom stereocenters. The van der Waals surface area contributed by atoms with Crippen LogP contribution in [0.3, 0.4) is 0 Å². The van der Waals surface area contributed by atoms with Gasteiger partial charge in [-0.05, 0) is 58.9 Å². The predicted octanol–water partition coefficient (Wildman–Crippen LogP) is 3.02. The first-order valence-corrected chi connectivity index (χ1v) is 8.83. The molecule has 0 aliphatic heterocycles. The number of carbonyl (C=O) groups excluding carboxylic acids is 1. The van der Waals surface area contributed by atoms with Crippen molar-refractivity contribution in [1.82, 2.24) is 15.5 Å². The van der Waals surface area contributed by atoms with Gasteiger partial charge in [0.05, 0.1) is 13.1 Å². The molecule has 0 aliphatic carbocycles. The summed E-state index contributed by atoms with van der Waals surface area (Å²) in [5.74, 6) is 0.858. The summed E-state index contributed by atoms with van der Waals surface area (Å²) >= 11 is 0. The van der Waals surface area contributed by atoms with Crippen molar-refractivity contribution in [1.29, 1.82) is 0 Å². The van der Waals surface area contributed by atoms with E-state index < -0.39 is 0 Å². The molecule has 0 aliphatic rings. The number of amides is 1. The van der Waals surface area contributed by atoms with Crippen LogP contribution in [0.1, 0.15) is 34.6 Å². The lowest BCUT2D eigenvalue weighted by Crippen LogP contribution is -2.49. The van der Waals surface area contributed by atoms with Crippen LogP contribution in [0.4, 0.5) is 4.39 Å². The van der Waals surface area contributed by atoms with E-state index in [2.05, 4.69) is 15.6 Å². The first-order chi connectivity index (χ1) is 12.1. The predicted molar refractivity (Wildman–Crippen MR) is 118 cm³/mol. The Balaban J connectivity index is 0.00000676. The second-order valence-corrected chi connectivity index (χ2v) is 7.23. The molecule has 27 heavy (non-hydrogen) atoms. The molecule has 6 nitrogen and oxygen atoms in total. The molecule has 0 heterocycles. The summed E-state index contributed by atoms with van der Waals surface area (Å²) in [6.45, 7) is 11.0. The van der Waals surface area contributed by atoms with E-state index in [1.54, 1.807) is 17.0 Å². The molecule has 0 saturated carbocycles. The molecule has 0 bridgehead atoms. The molecule has 1 unspecified atom stereocenters. The average molecular weight is 494 g/mol. The SMILES string of the molecule is CCNC(=NCC(C)Oc1ccc(F)cc1)N(C)CC(=O)NC(C)(C)C.I. The standard InChI is InChI=1S/C19H31FN4O2.HI/c1-7-21-18(24(6)13-17(25)23-19(3,4)5)22-12-14(2)26-16-10-8-15(20)9-11-16;/h8-11,14H,7,12-13H2,1-6H3,(H,21,22)(H,23,25);1H. The molecule has 0 spiro atoms. The number of hydrogen-bond donors (Lipinski definition) is 2. The fourth-order valence-electron chi connectivity index (χ4n) is 2.22. The van der Waals surface area contributed by atoms with Crippen LogP contribution in [0, 0.1) is 5.82 Å². The van der Waals surface area contributed by atoms with E-state index in [1.165, 1.54) is 12.1 Å². The minimum Gasteiger partial charge on any atom is -0.489 e. The van der Waals surface area contributed by atoms with Crippen molar-refractivity contribution in [3.05, 3.63) is 30.1 Å². The highest BCUT2D eigenvalue weighted by molar-refractivity contribution is 14.0. The van der Waals surface area contributed by atoms with Crippen LogP contribution in [0.5, 0.6) is 5.75 Å². The molecule has 1 aromatic carbocycles.